The van der Waals surface area contributed by atoms with Crippen LogP contribution in [-0.4, -0.2) is 43.5 Å². The molecule has 0 saturated heterocycles. The van der Waals surface area contributed by atoms with Gasteiger partial charge in [0.15, 0.2) is 0 Å². The Balaban J connectivity index is 2.37. The SMILES string of the molecule is CN(Cc1ncn[nH]1)C(=O)CSC(C)(C)C. The maximum Gasteiger partial charge on any atom is 0.232 e. The van der Waals surface area contributed by atoms with Gasteiger partial charge in [0, 0.05) is 11.8 Å². The van der Waals surface area contributed by atoms with E-state index in [0.717, 1.165) is 0 Å². The van der Waals surface area contributed by atoms with Crippen LogP contribution in [0.4, 0.5) is 0 Å². The van der Waals surface area contributed by atoms with E-state index in [0.29, 0.717) is 18.1 Å². The van der Waals surface area contributed by atoms with Crippen molar-refractivity contribution in [1.82, 2.24) is 20.1 Å². The van der Waals surface area contributed by atoms with E-state index in [-0.39, 0.29) is 10.7 Å². The maximum absolute atomic E-state index is 11.8. The molecular weight excluding hydrogens is 224 g/mol. The van der Waals surface area contributed by atoms with E-state index >= 15 is 0 Å². The topological polar surface area (TPSA) is 61.9 Å². The van der Waals surface area contributed by atoms with Crippen LogP contribution < -0.4 is 0 Å². The van der Waals surface area contributed by atoms with Crippen LogP contribution in [0.2, 0.25) is 0 Å². The van der Waals surface area contributed by atoms with Gasteiger partial charge in [-0.05, 0) is 0 Å². The highest BCUT2D eigenvalue weighted by Gasteiger charge is 2.16. The highest BCUT2D eigenvalue weighted by Crippen LogP contribution is 2.23. The summed E-state index contributed by atoms with van der Waals surface area (Å²) in [6.45, 7) is 6.77. The number of rotatable bonds is 4. The second-order valence-electron chi connectivity index (χ2n) is 4.58. The van der Waals surface area contributed by atoms with Crippen molar-refractivity contribution in [3.05, 3.63) is 12.2 Å². The van der Waals surface area contributed by atoms with Crippen LogP contribution in [0.25, 0.3) is 0 Å². The maximum atomic E-state index is 11.8. The normalized spacial score (nSPS) is 11.5. The number of hydrogen-bond donors (Lipinski definition) is 1. The number of hydrogen-bond acceptors (Lipinski definition) is 4. The summed E-state index contributed by atoms with van der Waals surface area (Å²) in [5, 5.41) is 6.47. The van der Waals surface area contributed by atoms with Gasteiger partial charge >= 0.3 is 0 Å². The third kappa shape index (κ3) is 4.65. The van der Waals surface area contributed by atoms with Gasteiger partial charge in [0.05, 0.1) is 12.3 Å². The summed E-state index contributed by atoms with van der Waals surface area (Å²) in [6, 6.07) is 0. The van der Waals surface area contributed by atoms with Gasteiger partial charge in [-0.1, -0.05) is 20.8 Å². The van der Waals surface area contributed by atoms with Gasteiger partial charge in [0.2, 0.25) is 5.91 Å². The smallest absolute Gasteiger partial charge is 0.232 e. The summed E-state index contributed by atoms with van der Waals surface area (Å²) in [5.41, 5.74) is 0. The van der Waals surface area contributed by atoms with Crippen molar-refractivity contribution in [2.24, 2.45) is 0 Å². The van der Waals surface area contributed by atoms with Gasteiger partial charge in [-0.2, -0.15) is 5.10 Å². The van der Waals surface area contributed by atoms with E-state index in [1.807, 2.05) is 0 Å². The summed E-state index contributed by atoms with van der Waals surface area (Å²) < 4.78 is 0.114. The Kier molecular flexibility index (Phi) is 4.35. The van der Waals surface area contributed by atoms with Crippen LogP contribution in [0.15, 0.2) is 6.33 Å². The molecule has 90 valence electrons. The summed E-state index contributed by atoms with van der Waals surface area (Å²) in [4.78, 5) is 17.4. The highest BCUT2D eigenvalue weighted by molar-refractivity contribution is 8.01. The Morgan fingerprint density at radius 2 is 2.25 bits per heavy atom. The van der Waals surface area contributed by atoms with E-state index < -0.39 is 0 Å². The van der Waals surface area contributed by atoms with Crippen LogP contribution in [-0.2, 0) is 11.3 Å². The number of carbonyl (C=O) groups is 1. The van der Waals surface area contributed by atoms with Gasteiger partial charge in [-0.25, -0.2) is 4.98 Å². The van der Waals surface area contributed by atoms with Crippen LogP contribution in [0.5, 0.6) is 0 Å². The van der Waals surface area contributed by atoms with Gasteiger partial charge in [-0.3, -0.25) is 9.89 Å². The summed E-state index contributed by atoms with van der Waals surface area (Å²) in [5.74, 6) is 1.31. The van der Waals surface area contributed by atoms with Crippen LogP contribution in [0.1, 0.15) is 26.6 Å². The number of nitrogens with one attached hydrogen (secondary N) is 1. The monoisotopic (exact) mass is 242 g/mol. The molecule has 1 heterocycles. The average molecular weight is 242 g/mol. The first-order chi connectivity index (χ1) is 7.38. The van der Waals surface area contributed by atoms with Crippen molar-refractivity contribution in [3.63, 3.8) is 0 Å². The fourth-order valence-corrected chi connectivity index (χ4v) is 1.79. The molecule has 0 unspecified atom stereocenters. The van der Waals surface area contributed by atoms with Crippen LogP contribution in [0, 0.1) is 0 Å². The zero-order valence-electron chi connectivity index (χ0n) is 10.1. The van der Waals surface area contributed by atoms with E-state index in [1.54, 1.807) is 23.7 Å². The lowest BCUT2D eigenvalue weighted by atomic mass is 10.3. The Morgan fingerprint density at radius 1 is 1.56 bits per heavy atom. The quantitative estimate of drug-likeness (QED) is 0.864. The number of amides is 1. The lowest BCUT2D eigenvalue weighted by Crippen LogP contribution is -2.29. The van der Waals surface area contributed by atoms with Gasteiger partial charge in [0.25, 0.3) is 0 Å². The second kappa shape index (κ2) is 5.34. The van der Waals surface area contributed by atoms with Crippen molar-refractivity contribution in [2.75, 3.05) is 12.8 Å². The van der Waals surface area contributed by atoms with Crippen molar-refractivity contribution in [2.45, 2.75) is 32.1 Å². The van der Waals surface area contributed by atoms with E-state index in [1.165, 1.54) is 6.33 Å². The molecule has 0 aliphatic rings. The molecule has 0 radical (unpaired) electrons. The molecule has 0 fully saturated rings. The number of H-pyrrole nitrogens is 1. The fourth-order valence-electron chi connectivity index (χ4n) is 1.01. The van der Waals surface area contributed by atoms with E-state index in [9.17, 15) is 4.79 Å². The molecule has 1 N–H and O–H groups in total. The third-order valence-corrected chi connectivity index (χ3v) is 3.16. The summed E-state index contributed by atoms with van der Waals surface area (Å²) >= 11 is 1.65. The molecule has 5 nitrogen and oxygen atoms in total. The van der Waals surface area contributed by atoms with Crippen molar-refractivity contribution in [3.8, 4) is 0 Å². The second-order valence-corrected chi connectivity index (χ2v) is 6.39. The van der Waals surface area contributed by atoms with Crippen molar-refractivity contribution >= 4 is 17.7 Å². The molecule has 0 aliphatic heterocycles. The minimum atomic E-state index is 0.108. The lowest BCUT2D eigenvalue weighted by molar-refractivity contribution is -0.127. The van der Waals surface area contributed by atoms with Crippen LogP contribution in [0.3, 0.4) is 0 Å². The molecule has 1 aromatic heterocycles. The minimum Gasteiger partial charge on any atom is -0.338 e. The van der Waals surface area contributed by atoms with Gasteiger partial charge < -0.3 is 4.90 Å². The summed E-state index contributed by atoms with van der Waals surface area (Å²) in [7, 11) is 1.77. The zero-order chi connectivity index (χ0) is 12.2. The molecule has 0 spiro atoms. The Labute approximate surface area is 100 Å². The molecule has 0 bridgehead atoms. The molecule has 0 saturated carbocycles. The average Bonchev–Trinajstić information content (AvgIpc) is 2.65. The van der Waals surface area contributed by atoms with E-state index in [4.69, 9.17) is 0 Å². The Bertz CT molecular complexity index is 331. The number of carbonyl (C=O) groups excluding carboxylic acids is 1. The molecule has 0 aliphatic carbocycles. The first-order valence-electron chi connectivity index (χ1n) is 5.10. The first kappa shape index (κ1) is 13.0. The minimum absolute atomic E-state index is 0.108. The van der Waals surface area contributed by atoms with Crippen molar-refractivity contribution < 1.29 is 4.79 Å². The van der Waals surface area contributed by atoms with Gasteiger partial charge in [-0.15, -0.1) is 11.8 Å². The number of aromatic amines is 1. The highest BCUT2D eigenvalue weighted by atomic mass is 32.2. The predicted octanol–water partition coefficient (Wildman–Crippen LogP) is 1.29. The van der Waals surface area contributed by atoms with E-state index in [2.05, 4.69) is 36.0 Å². The molecule has 1 aromatic rings. The summed E-state index contributed by atoms with van der Waals surface area (Å²) in [6.07, 6.45) is 1.44. The van der Waals surface area contributed by atoms with Gasteiger partial charge in [0.1, 0.15) is 12.2 Å². The largest absolute Gasteiger partial charge is 0.338 e. The fraction of sp³-hybridized carbons (Fsp3) is 0.700. The lowest BCUT2D eigenvalue weighted by Gasteiger charge is -2.20. The van der Waals surface area contributed by atoms with Crippen molar-refractivity contribution in [1.29, 1.82) is 0 Å². The van der Waals surface area contributed by atoms with Crippen LogP contribution >= 0.6 is 11.8 Å². The Morgan fingerprint density at radius 3 is 2.75 bits per heavy atom. The number of thioether (sulfide) groups is 1. The molecular formula is C10H18N4OS. The Hall–Kier alpha value is -1.04. The predicted molar refractivity (Wildman–Crippen MR) is 65.1 cm³/mol. The molecule has 0 atom stereocenters. The molecule has 16 heavy (non-hydrogen) atoms. The zero-order valence-corrected chi connectivity index (χ0v) is 11.0. The first-order valence-corrected chi connectivity index (χ1v) is 6.09. The standard InChI is InChI=1S/C10H18N4OS/c1-10(2,3)16-6-9(15)14(4)5-8-11-7-12-13-8/h7H,5-6H2,1-4H3,(H,11,12,13). The third-order valence-electron chi connectivity index (χ3n) is 1.91. The number of nitrogens with zero attached hydrogens (tertiary/aromatic N) is 3. The molecule has 6 heteroatoms. The molecule has 1 amide bonds. The molecule has 0 aromatic carbocycles. The molecule has 1 rings (SSSR count). The number of aromatic nitrogens is 3.